The first-order valence-corrected chi connectivity index (χ1v) is 14.2. The van der Waals surface area contributed by atoms with E-state index in [9.17, 15) is 0 Å². The van der Waals surface area contributed by atoms with Gasteiger partial charge in [-0.15, -0.1) is 0 Å². The summed E-state index contributed by atoms with van der Waals surface area (Å²) in [4.78, 5) is 4.92. The highest BCUT2D eigenvalue weighted by atomic mass is 16.3. The van der Waals surface area contributed by atoms with E-state index in [-0.39, 0.29) is 0 Å². The molecule has 0 spiro atoms. The Labute approximate surface area is 240 Å². The summed E-state index contributed by atoms with van der Waals surface area (Å²) in [6.07, 6.45) is 0. The predicted octanol–water partition coefficient (Wildman–Crippen LogP) is 11.0. The minimum absolute atomic E-state index is 0.644. The summed E-state index contributed by atoms with van der Waals surface area (Å²) >= 11 is 0. The van der Waals surface area contributed by atoms with Crippen LogP contribution >= 0.6 is 0 Å². The van der Waals surface area contributed by atoms with Crippen LogP contribution in [-0.2, 0) is 0 Å². The van der Waals surface area contributed by atoms with Crippen LogP contribution in [0.4, 0.5) is 0 Å². The van der Waals surface area contributed by atoms with Gasteiger partial charge in [-0.3, -0.25) is 0 Å². The highest BCUT2D eigenvalue weighted by Crippen LogP contribution is 2.51. The number of aromatic nitrogens is 1. The van der Waals surface area contributed by atoms with Gasteiger partial charge in [0.1, 0.15) is 16.7 Å². The molecule has 10 rings (SSSR count). The highest BCUT2D eigenvalue weighted by molar-refractivity contribution is 6.26. The first kappa shape index (κ1) is 22.1. The summed E-state index contributed by atoms with van der Waals surface area (Å²) in [5.74, 6) is 0.644. The van der Waals surface area contributed by atoms with Crippen molar-refractivity contribution in [1.29, 1.82) is 0 Å². The largest absolute Gasteiger partial charge is 0.455 e. The molecule has 0 atom stereocenters. The summed E-state index contributed by atoms with van der Waals surface area (Å²) in [7, 11) is 0. The van der Waals surface area contributed by atoms with Gasteiger partial charge in [-0.2, -0.15) is 0 Å². The first-order chi connectivity index (χ1) is 20.8. The van der Waals surface area contributed by atoms with Crippen molar-refractivity contribution in [2.45, 2.75) is 0 Å². The Morgan fingerprint density at radius 3 is 2.19 bits per heavy atom. The van der Waals surface area contributed by atoms with Gasteiger partial charge in [0.25, 0.3) is 0 Å². The maximum absolute atomic E-state index is 6.39. The molecule has 194 valence electrons. The molecule has 2 heterocycles. The molecule has 1 aliphatic rings. The second-order valence-corrected chi connectivity index (χ2v) is 11.1. The van der Waals surface area contributed by atoms with Crippen LogP contribution in [-0.4, -0.2) is 4.98 Å². The molecule has 0 unspecified atom stereocenters. The summed E-state index contributed by atoms with van der Waals surface area (Å²) in [5, 5.41) is 7.01. The van der Waals surface area contributed by atoms with Crippen LogP contribution in [0.1, 0.15) is 0 Å². The maximum atomic E-state index is 6.39. The van der Waals surface area contributed by atoms with E-state index < -0.39 is 0 Å². The predicted molar refractivity (Wildman–Crippen MR) is 172 cm³/mol. The number of furan rings is 1. The minimum Gasteiger partial charge on any atom is -0.455 e. The molecule has 0 fully saturated rings. The van der Waals surface area contributed by atoms with Crippen molar-refractivity contribution in [1.82, 2.24) is 4.98 Å². The topological polar surface area (TPSA) is 39.2 Å². The molecule has 0 amide bonds. The zero-order valence-electron chi connectivity index (χ0n) is 22.4. The molecule has 3 nitrogen and oxygen atoms in total. The van der Waals surface area contributed by atoms with Crippen molar-refractivity contribution < 1.29 is 8.83 Å². The molecular weight excluding hydrogens is 514 g/mol. The van der Waals surface area contributed by atoms with Gasteiger partial charge in [0, 0.05) is 32.5 Å². The Morgan fingerprint density at radius 1 is 0.429 bits per heavy atom. The number of rotatable bonds is 2. The zero-order valence-corrected chi connectivity index (χ0v) is 22.4. The average molecular weight is 536 g/mol. The lowest BCUT2D eigenvalue weighted by molar-refractivity contribution is 0.620. The summed E-state index contributed by atoms with van der Waals surface area (Å²) in [6.45, 7) is 0. The summed E-state index contributed by atoms with van der Waals surface area (Å²) in [6, 6.07) is 44.9. The van der Waals surface area contributed by atoms with Gasteiger partial charge in [0.05, 0.1) is 0 Å². The van der Waals surface area contributed by atoms with E-state index >= 15 is 0 Å². The van der Waals surface area contributed by atoms with Crippen LogP contribution in [0, 0.1) is 0 Å². The average Bonchev–Trinajstić information content (AvgIpc) is 3.75. The van der Waals surface area contributed by atoms with Crippen molar-refractivity contribution in [3.05, 3.63) is 127 Å². The molecular formula is C39H21NO2. The van der Waals surface area contributed by atoms with Crippen LogP contribution < -0.4 is 0 Å². The van der Waals surface area contributed by atoms with Gasteiger partial charge in [-0.05, 0) is 81.2 Å². The second-order valence-electron chi connectivity index (χ2n) is 11.1. The van der Waals surface area contributed by atoms with Gasteiger partial charge < -0.3 is 8.83 Å². The number of hydrogen-bond donors (Lipinski definition) is 0. The molecule has 0 aliphatic heterocycles. The van der Waals surface area contributed by atoms with Crippen LogP contribution in [0.25, 0.3) is 99.4 Å². The van der Waals surface area contributed by atoms with Crippen molar-refractivity contribution in [2.24, 2.45) is 0 Å². The van der Waals surface area contributed by atoms with Crippen LogP contribution in [0.3, 0.4) is 0 Å². The van der Waals surface area contributed by atoms with Crippen LogP contribution in [0.5, 0.6) is 0 Å². The van der Waals surface area contributed by atoms with E-state index in [4.69, 9.17) is 13.8 Å². The number of benzene rings is 7. The van der Waals surface area contributed by atoms with Crippen LogP contribution in [0.2, 0.25) is 0 Å². The monoisotopic (exact) mass is 535 g/mol. The molecule has 3 heteroatoms. The van der Waals surface area contributed by atoms with E-state index in [1.807, 2.05) is 42.5 Å². The molecule has 0 bridgehead atoms. The summed E-state index contributed by atoms with van der Waals surface area (Å²) in [5.41, 5.74) is 12.0. The Morgan fingerprint density at radius 2 is 1.24 bits per heavy atom. The highest BCUT2D eigenvalue weighted by Gasteiger charge is 2.25. The van der Waals surface area contributed by atoms with Gasteiger partial charge in [-0.1, -0.05) is 84.9 Å². The maximum Gasteiger partial charge on any atom is 0.227 e. The van der Waals surface area contributed by atoms with Crippen molar-refractivity contribution in [2.75, 3.05) is 0 Å². The Kier molecular flexibility index (Phi) is 4.18. The lowest BCUT2D eigenvalue weighted by atomic mass is 9.95. The Hall–Kier alpha value is -5.67. The van der Waals surface area contributed by atoms with E-state index in [0.717, 1.165) is 49.6 Å². The fourth-order valence-corrected chi connectivity index (χ4v) is 6.87. The molecule has 7 aromatic carbocycles. The lowest BCUT2D eigenvalue weighted by Crippen LogP contribution is -1.83. The van der Waals surface area contributed by atoms with E-state index in [0.29, 0.717) is 5.89 Å². The normalized spacial score (nSPS) is 12.3. The van der Waals surface area contributed by atoms with Gasteiger partial charge in [0.2, 0.25) is 5.89 Å². The fourth-order valence-electron chi connectivity index (χ4n) is 6.87. The van der Waals surface area contributed by atoms with Crippen LogP contribution in [0.15, 0.2) is 136 Å². The van der Waals surface area contributed by atoms with Gasteiger partial charge >= 0.3 is 0 Å². The second kappa shape index (κ2) is 7.96. The molecule has 2 aromatic heterocycles. The molecule has 9 aromatic rings. The zero-order chi connectivity index (χ0) is 27.4. The number of para-hydroxylation sites is 1. The van der Waals surface area contributed by atoms with E-state index in [2.05, 4.69) is 84.9 Å². The quantitative estimate of drug-likeness (QED) is 0.221. The molecule has 42 heavy (non-hydrogen) atoms. The Bertz CT molecular complexity index is 2570. The van der Waals surface area contributed by atoms with Gasteiger partial charge in [0.15, 0.2) is 5.58 Å². The third-order valence-electron chi connectivity index (χ3n) is 8.83. The molecule has 0 N–H and O–H groups in total. The van der Waals surface area contributed by atoms with Gasteiger partial charge in [-0.25, -0.2) is 4.98 Å². The van der Waals surface area contributed by atoms with Crippen molar-refractivity contribution >= 4 is 54.6 Å². The number of nitrogens with zero attached hydrogens (tertiary/aromatic N) is 1. The molecule has 1 aliphatic carbocycles. The van der Waals surface area contributed by atoms with Crippen molar-refractivity contribution in [3.63, 3.8) is 0 Å². The third kappa shape index (κ3) is 2.92. The lowest BCUT2D eigenvalue weighted by Gasteiger charge is -2.08. The number of oxazole rings is 1. The number of hydrogen-bond acceptors (Lipinski definition) is 3. The first-order valence-electron chi connectivity index (χ1n) is 14.2. The standard InChI is InChI=1S/C39H21NO2/c1-2-7-23(8-3-1)39-40-37-30-19-24(14-13-22(30)16-18-35(37)42-39)25-15-17-26-31(20-25)28-10-6-11-29-36(28)32(26)21-33-27-9-4-5-12-34(27)41-38(29)33/h1-21H. The number of fused-ring (bicyclic) bond motifs is 10. The van der Waals surface area contributed by atoms with E-state index in [1.54, 1.807) is 0 Å². The Balaban J connectivity index is 1.16. The SMILES string of the molecule is c1ccc(-c2nc3c(ccc4ccc(-c5ccc6c(c5)-c5cccc7c5c-6cc5c6ccccc6oc75)cc43)o2)cc1. The van der Waals surface area contributed by atoms with Crippen molar-refractivity contribution in [3.8, 4) is 44.8 Å². The molecule has 0 saturated carbocycles. The molecule has 0 saturated heterocycles. The minimum atomic E-state index is 0.644. The fraction of sp³-hybridized carbons (Fsp3) is 0. The molecule has 0 radical (unpaired) electrons. The smallest absolute Gasteiger partial charge is 0.227 e. The third-order valence-corrected chi connectivity index (χ3v) is 8.83. The van der Waals surface area contributed by atoms with E-state index in [1.165, 1.54) is 44.0 Å². The summed E-state index contributed by atoms with van der Waals surface area (Å²) < 4.78 is 12.6.